The summed E-state index contributed by atoms with van der Waals surface area (Å²) in [4.78, 5) is 4.86. The van der Waals surface area contributed by atoms with Gasteiger partial charge in [-0.2, -0.15) is 0 Å². The maximum Gasteiger partial charge on any atom is 0.208 e. The van der Waals surface area contributed by atoms with Crippen molar-refractivity contribution in [1.82, 2.24) is 15.1 Å². The molecular weight excluding hydrogens is 324 g/mol. The number of ether oxygens (including phenoxy) is 1. The highest BCUT2D eigenvalue weighted by Crippen LogP contribution is 2.35. The van der Waals surface area contributed by atoms with E-state index in [1.165, 1.54) is 12.8 Å². The van der Waals surface area contributed by atoms with Crippen molar-refractivity contribution in [3.8, 4) is 0 Å². The van der Waals surface area contributed by atoms with Crippen LogP contribution < -0.4 is 4.90 Å². The Morgan fingerprint density at radius 2 is 2.25 bits per heavy atom. The maximum atomic E-state index is 5.98. The van der Waals surface area contributed by atoms with E-state index in [0.717, 1.165) is 62.6 Å². The summed E-state index contributed by atoms with van der Waals surface area (Å²) >= 11 is 1.61. The molecule has 1 spiro atoms. The highest BCUT2D eigenvalue weighted by atomic mass is 32.1. The third-order valence-corrected chi connectivity index (χ3v) is 5.73. The Balaban J connectivity index is 1.47. The Labute approximate surface area is 146 Å². The van der Waals surface area contributed by atoms with E-state index in [1.807, 2.05) is 13.0 Å². The number of hydrogen-bond acceptors (Lipinski definition) is 7. The molecule has 0 bridgehead atoms. The van der Waals surface area contributed by atoms with Crippen molar-refractivity contribution < 1.29 is 9.15 Å². The van der Waals surface area contributed by atoms with Crippen LogP contribution >= 0.6 is 11.3 Å². The highest BCUT2D eigenvalue weighted by Gasteiger charge is 2.39. The SMILES string of the molecule is Cc1ccc(CN2CCC[C@]3(COCCN(c4nncs4)C3)C2)o1. The third kappa shape index (κ3) is 3.48. The van der Waals surface area contributed by atoms with Gasteiger partial charge >= 0.3 is 0 Å². The van der Waals surface area contributed by atoms with E-state index < -0.39 is 0 Å². The van der Waals surface area contributed by atoms with E-state index in [-0.39, 0.29) is 5.41 Å². The van der Waals surface area contributed by atoms with Crippen LogP contribution in [0.5, 0.6) is 0 Å². The fourth-order valence-corrected chi connectivity index (χ4v) is 4.53. The van der Waals surface area contributed by atoms with E-state index in [4.69, 9.17) is 9.15 Å². The molecule has 2 aliphatic rings. The Hall–Kier alpha value is -1.44. The van der Waals surface area contributed by atoms with E-state index in [0.29, 0.717) is 0 Å². The van der Waals surface area contributed by atoms with Gasteiger partial charge in [0.25, 0.3) is 0 Å². The van der Waals surface area contributed by atoms with Crippen molar-refractivity contribution in [2.75, 3.05) is 44.3 Å². The molecule has 2 aromatic heterocycles. The Kier molecular flexibility index (Phi) is 4.56. The molecule has 2 aromatic rings. The molecule has 4 heterocycles. The van der Waals surface area contributed by atoms with Gasteiger partial charge in [0.05, 0.1) is 19.8 Å². The second kappa shape index (κ2) is 6.82. The van der Waals surface area contributed by atoms with Crippen LogP contribution in [0, 0.1) is 12.3 Å². The topological polar surface area (TPSA) is 54.6 Å². The van der Waals surface area contributed by atoms with E-state index >= 15 is 0 Å². The first kappa shape index (κ1) is 16.1. The molecule has 7 heteroatoms. The first-order valence-electron chi connectivity index (χ1n) is 8.59. The molecule has 0 aliphatic carbocycles. The molecule has 0 radical (unpaired) electrons. The molecule has 0 aromatic carbocycles. The standard InChI is InChI=1S/C17H24N4O2S/c1-14-3-4-15(23-14)9-20-6-2-5-17(10-20)11-21(7-8-22-12-17)16-19-18-13-24-16/h3-4,13H,2,5-12H2,1H3/t17-/m0/s1. The lowest BCUT2D eigenvalue weighted by molar-refractivity contribution is 0.00874. The smallest absolute Gasteiger partial charge is 0.208 e. The highest BCUT2D eigenvalue weighted by molar-refractivity contribution is 7.13. The van der Waals surface area contributed by atoms with Crippen LogP contribution in [-0.2, 0) is 11.3 Å². The van der Waals surface area contributed by atoms with Crippen LogP contribution in [0.3, 0.4) is 0 Å². The average Bonchev–Trinajstić information content (AvgIpc) is 3.19. The van der Waals surface area contributed by atoms with E-state index in [9.17, 15) is 0 Å². The zero-order valence-electron chi connectivity index (χ0n) is 14.1. The van der Waals surface area contributed by atoms with Gasteiger partial charge in [-0.25, -0.2) is 0 Å². The summed E-state index contributed by atoms with van der Waals surface area (Å²) in [5.41, 5.74) is 1.97. The monoisotopic (exact) mass is 348 g/mol. The van der Waals surface area contributed by atoms with Crippen LogP contribution in [0.1, 0.15) is 24.4 Å². The molecule has 1 atom stereocenters. The predicted octanol–water partition coefficient (Wildman–Crippen LogP) is 2.56. The largest absolute Gasteiger partial charge is 0.465 e. The van der Waals surface area contributed by atoms with E-state index in [2.05, 4.69) is 26.1 Å². The maximum absolute atomic E-state index is 5.98. The summed E-state index contributed by atoms with van der Waals surface area (Å²) in [5, 5.41) is 9.27. The van der Waals surface area contributed by atoms with Gasteiger partial charge in [0.2, 0.25) is 5.13 Å². The number of rotatable bonds is 3. The third-order valence-electron chi connectivity index (χ3n) is 4.98. The second-order valence-electron chi connectivity index (χ2n) is 7.02. The number of nitrogens with zero attached hydrogens (tertiary/aromatic N) is 4. The molecule has 2 saturated heterocycles. The van der Waals surface area contributed by atoms with Gasteiger partial charge in [-0.15, -0.1) is 10.2 Å². The minimum absolute atomic E-state index is 0.169. The van der Waals surface area contributed by atoms with Crippen LogP contribution in [0.2, 0.25) is 0 Å². The molecule has 6 nitrogen and oxygen atoms in total. The lowest BCUT2D eigenvalue weighted by Crippen LogP contribution is -2.50. The van der Waals surface area contributed by atoms with Gasteiger partial charge in [0, 0.05) is 25.0 Å². The number of aromatic nitrogens is 2. The summed E-state index contributed by atoms with van der Waals surface area (Å²) in [6.45, 7) is 8.54. The normalized spacial score (nSPS) is 26.0. The number of likely N-dealkylation sites (tertiary alicyclic amines) is 1. The van der Waals surface area contributed by atoms with Gasteiger partial charge in [-0.05, 0) is 38.4 Å². The van der Waals surface area contributed by atoms with Gasteiger partial charge in [0.15, 0.2) is 0 Å². The van der Waals surface area contributed by atoms with Crippen molar-refractivity contribution in [1.29, 1.82) is 0 Å². The second-order valence-corrected chi connectivity index (χ2v) is 7.83. The van der Waals surface area contributed by atoms with Gasteiger partial charge in [-0.3, -0.25) is 4.90 Å². The summed E-state index contributed by atoms with van der Waals surface area (Å²) in [5.74, 6) is 2.04. The molecule has 0 unspecified atom stereocenters. The average molecular weight is 348 g/mol. The zero-order chi connectivity index (χ0) is 16.4. The van der Waals surface area contributed by atoms with Crippen LogP contribution in [0.4, 0.5) is 5.13 Å². The number of furan rings is 1. The summed E-state index contributed by atoms with van der Waals surface area (Å²) in [6, 6.07) is 4.13. The predicted molar refractivity (Wildman–Crippen MR) is 93.3 cm³/mol. The van der Waals surface area contributed by atoms with Gasteiger partial charge < -0.3 is 14.1 Å². The van der Waals surface area contributed by atoms with Gasteiger partial charge in [-0.1, -0.05) is 11.3 Å². The molecular formula is C17H24N4O2S. The molecule has 0 amide bonds. The molecule has 2 fully saturated rings. The summed E-state index contributed by atoms with van der Waals surface area (Å²) in [6.07, 6.45) is 2.41. The van der Waals surface area contributed by atoms with Crippen molar-refractivity contribution in [3.63, 3.8) is 0 Å². The lowest BCUT2D eigenvalue weighted by Gasteiger charge is -2.43. The van der Waals surface area contributed by atoms with Gasteiger partial charge in [0.1, 0.15) is 17.0 Å². The summed E-state index contributed by atoms with van der Waals surface area (Å²) in [7, 11) is 0. The number of anilines is 1. The lowest BCUT2D eigenvalue weighted by atomic mass is 9.80. The fourth-order valence-electron chi connectivity index (χ4n) is 3.94. The molecule has 4 rings (SSSR count). The molecule has 0 saturated carbocycles. The van der Waals surface area contributed by atoms with Crippen molar-refractivity contribution in [2.24, 2.45) is 5.41 Å². The minimum Gasteiger partial charge on any atom is -0.465 e. The fraction of sp³-hybridized carbons (Fsp3) is 0.647. The van der Waals surface area contributed by atoms with Crippen LogP contribution in [0.15, 0.2) is 22.1 Å². The Morgan fingerprint density at radius 1 is 1.29 bits per heavy atom. The molecule has 0 N–H and O–H groups in total. The number of aryl methyl sites for hydroxylation is 1. The Bertz CT molecular complexity index is 659. The van der Waals surface area contributed by atoms with Crippen molar-refractivity contribution in [2.45, 2.75) is 26.3 Å². The number of piperidine rings is 1. The first-order chi connectivity index (χ1) is 11.7. The Morgan fingerprint density at radius 3 is 3.04 bits per heavy atom. The first-order valence-corrected chi connectivity index (χ1v) is 9.47. The van der Waals surface area contributed by atoms with Crippen molar-refractivity contribution >= 4 is 16.5 Å². The molecule has 24 heavy (non-hydrogen) atoms. The molecule has 2 aliphatic heterocycles. The van der Waals surface area contributed by atoms with Crippen LogP contribution in [0.25, 0.3) is 0 Å². The summed E-state index contributed by atoms with van der Waals surface area (Å²) < 4.78 is 11.8. The minimum atomic E-state index is 0.169. The van der Waals surface area contributed by atoms with E-state index in [1.54, 1.807) is 16.8 Å². The van der Waals surface area contributed by atoms with Crippen LogP contribution in [-0.4, -0.2) is 54.5 Å². The zero-order valence-corrected chi connectivity index (χ0v) is 14.9. The van der Waals surface area contributed by atoms with Crippen molar-refractivity contribution in [3.05, 3.63) is 29.2 Å². The number of hydrogen-bond donors (Lipinski definition) is 0. The molecule has 130 valence electrons. The quantitative estimate of drug-likeness (QED) is 0.850.